The van der Waals surface area contributed by atoms with Crippen LogP contribution in [0.25, 0.3) is 0 Å². The lowest BCUT2D eigenvalue weighted by Gasteiger charge is -2.21. The van der Waals surface area contributed by atoms with Gasteiger partial charge in [-0.25, -0.2) is 0 Å². The van der Waals surface area contributed by atoms with Gasteiger partial charge in [-0.1, -0.05) is 60.7 Å². The van der Waals surface area contributed by atoms with Crippen LogP contribution in [0.2, 0.25) is 0 Å². The Bertz CT molecular complexity index is 1230. The maximum atomic E-state index is 13.2. The van der Waals surface area contributed by atoms with Crippen LogP contribution in [0.4, 0.5) is 0 Å². The van der Waals surface area contributed by atoms with Crippen LogP contribution in [0.3, 0.4) is 0 Å². The molecule has 0 spiro atoms. The molecule has 37 heavy (non-hydrogen) atoms. The number of ether oxygens (including phenoxy) is 2. The van der Waals surface area contributed by atoms with Crippen molar-refractivity contribution in [1.29, 1.82) is 0 Å². The molecule has 5 heteroatoms. The summed E-state index contributed by atoms with van der Waals surface area (Å²) in [4.78, 5) is 13.2. The van der Waals surface area contributed by atoms with Crippen molar-refractivity contribution < 1.29 is 18.7 Å². The molecule has 0 aliphatic rings. The number of benzene rings is 3. The van der Waals surface area contributed by atoms with Crippen LogP contribution >= 0.6 is 0 Å². The molecule has 4 aromatic rings. The largest absolute Gasteiger partial charge is 0.496 e. The lowest BCUT2D eigenvalue weighted by molar-refractivity contribution is -0.121. The first-order valence-corrected chi connectivity index (χ1v) is 12.8. The predicted molar refractivity (Wildman–Crippen MR) is 146 cm³/mol. The first-order chi connectivity index (χ1) is 18.0. The van der Waals surface area contributed by atoms with E-state index in [2.05, 4.69) is 17.4 Å². The smallest absolute Gasteiger partial charge is 0.220 e. The molecular weight excluding hydrogens is 462 g/mol. The van der Waals surface area contributed by atoms with Crippen LogP contribution in [0.1, 0.15) is 61.0 Å². The Morgan fingerprint density at radius 3 is 2.22 bits per heavy atom. The first kappa shape index (κ1) is 26.1. The number of furan rings is 1. The fourth-order valence-electron chi connectivity index (χ4n) is 4.67. The Morgan fingerprint density at radius 1 is 0.838 bits per heavy atom. The van der Waals surface area contributed by atoms with Crippen LogP contribution in [0.5, 0.6) is 11.5 Å². The average molecular weight is 498 g/mol. The first-order valence-electron chi connectivity index (χ1n) is 12.8. The molecule has 1 amide bonds. The highest BCUT2D eigenvalue weighted by atomic mass is 16.5. The van der Waals surface area contributed by atoms with E-state index < -0.39 is 0 Å². The van der Waals surface area contributed by atoms with E-state index in [0.717, 1.165) is 34.8 Å². The quantitative estimate of drug-likeness (QED) is 0.230. The van der Waals surface area contributed by atoms with Crippen molar-refractivity contribution in [3.8, 4) is 11.5 Å². The van der Waals surface area contributed by atoms with Crippen LogP contribution in [0.15, 0.2) is 102 Å². The van der Waals surface area contributed by atoms with Crippen LogP contribution in [-0.4, -0.2) is 25.7 Å². The van der Waals surface area contributed by atoms with E-state index in [1.54, 1.807) is 13.4 Å². The molecule has 0 radical (unpaired) electrons. The summed E-state index contributed by atoms with van der Waals surface area (Å²) in [6.45, 7) is 4.55. The fourth-order valence-corrected chi connectivity index (χ4v) is 4.67. The third-order valence-electron chi connectivity index (χ3n) is 6.40. The van der Waals surface area contributed by atoms with E-state index >= 15 is 0 Å². The Balaban J connectivity index is 1.48. The van der Waals surface area contributed by atoms with E-state index in [-0.39, 0.29) is 23.8 Å². The predicted octanol–water partition coefficient (Wildman–Crippen LogP) is 6.94. The Labute approximate surface area is 219 Å². The minimum atomic E-state index is -0.153. The van der Waals surface area contributed by atoms with Gasteiger partial charge >= 0.3 is 0 Å². The van der Waals surface area contributed by atoms with E-state index in [9.17, 15) is 4.79 Å². The highest BCUT2D eigenvalue weighted by Crippen LogP contribution is 2.35. The lowest BCUT2D eigenvalue weighted by Crippen LogP contribution is -2.27. The molecule has 1 N–H and O–H groups in total. The SMILES string of the molecule is COc1ccccc1[C@@H](CC(=O)NCC[C@H](c1ccccc1)c1ccco1)c1ccc(OC(C)C)cc1. The second-order valence-corrected chi connectivity index (χ2v) is 9.35. The number of hydrogen-bond acceptors (Lipinski definition) is 4. The fraction of sp³-hybridized carbons (Fsp3) is 0.281. The number of rotatable bonds is 12. The van der Waals surface area contributed by atoms with Crippen molar-refractivity contribution in [3.05, 3.63) is 120 Å². The van der Waals surface area contributed by atoms with Crippen molar-refractivity contribution in [2.45, 2.75) is 44.6 Å². The van der Waals surface area contributed by atoms with Gasteiger partial charge in [-0.05, 0) is 61.7 Å². The number of nitrogens with one attached hydrogen (secondary N) is 1. The van der Waals surface area contributed by atoms with E-state index in [0.29, 0.717) is 13.0 Å². The molecule has 4 rings (SSSR count). The summed E-state index contributed by atoms with van der Waals surface area (Å²) in [5, 5.41) is 3.14. The summed E-state index contributed by atoms with van der Waals surface area (Å²) in [6, 6.07) is 30.0. The number of para-hydroxylation sites is 1. The molecule has 0 unspecified atom stereocenters. The van der Waals surface area contributed by atoms with Gasteiger partial charge in [0.25, 0.3) is 0 Å². The molecule has 1 aromatic heterocycles. The molecule has 0 saturated heterocycles. The average Bonchev–Trinajstić information content (AvgIpc) is 3.45. The lowest BCUT2D eigenvalue weighted by atomic mass is 9.87. The van der Waals surface area contributed by atoms with Crippen molar-refractivity contribution in [1.82, 2.24) is 5.32 Å². The third kappa shape index (κ3) is 7.04. The minimum Gasteiger partial charge on any atom is -0.496 e. The van der Waals surface area contributed by atoms with Crippen molar-refractivity contribution in [2.75, 3.05) is 13.7 Å². The van der Waals surface area contributed by atoms with Crippen LogP contribution in [0, 0.1) is 0 Å². The van der Waals surface area contributed by atoms with Gasteiger partial charge in [-0.2, -0.15) is 0 Å². The molecule has 192 valence electrons. The topological polar surface area (TPSA) is 60.7 Å². The zero-order valence-electron chi connectivity index (χ0n) is 21.7. The van der Waals surface area contributed by atoms with Crippen LogP contribution < -0.4 is 14.8 Å². The molecule has 0 aliphatic heterocycles. The summed E-state index contributed by atoms with van der Waals surface area (Å²) in [7, 11) is 1.66. The highest BCUT2D eigenvalue weighted by molar-refractivity contribution is 5.77. The van der Waals surface area contributed by atoms with Crippen molar-refractivity contribution >= 4 is 5.91 Å². The molecule has 2 atom stereocenters. The highest BCUT2D eigenvalue weighted by Gasteiger charge is 2.23. The molecule has 0 fully saturated rings. The van der Waals surface area contributed by atoms with E-state index in [1.165, 1.54) is 5.56 Å². The van der Waals surface area contributed by atoms with Gasteiger partial charge in [0.15, 0.2) is 0 Å². The summed E-state index contributed by atoms with van der Waals surface area (Å²) < 4.78 is 17.2. The standard InChI is InChI=1S/C32H35NO4/c1-23(2)37-26-17-15-25(16-18-26)29(28-12-7-8-13-30(28)35-3)22-32(34)33-20-19-27(31-14-9-21-36-31)24-10-5-4-6-11-24/h4-18,21,23,27,29H,19-20,22H2,1-3H3,(H,33,34)/t27-,29+/m1/s1. The van der Waals surface area contributed by atoms with Gasteiger partial charge in [-0.3, -0.25) is 4.79 Å². The Kier molecular flexibility index (Phi) is 9.03. The summed E-state index contributed by atoms with van der Waals surface area (Å²) in [5.41, 5.74) is 3.19. The molecule has 3 aromatic carbocycles. The molecule has 5 nitrogen and oxygen atoms in total. The van der Waals surface area contributed by atoms with E-state index in [4.69, 9.17) is 13.9 Å². The van der Waals surface area contributed by atoms with Gasteiger partial charge < -0.3 is 19.2 Å². The number of hydrogen-bond donors (Lipinski definition) is 1. The van der Waals surface area contributed by atoms with Crippen molar-refractivity contribution in [2.24, 2.45) is 0 Å². The van der Waals surface area contributed by atoms with Gasteiger partial charge in [0.2, 0.25) is 5.91 Å². The molecule has 0 saturated carbocycles. The maximum absolute atomic E-state index is 13.2. The summed E-state index contributed by atoms with van der Waals surface area (Å²) in [6.07, 6.45) is 2.84. The zero-order chi connectivity index (χ0) is 26.0. The molecule has 1 heterocycles. The van der Waals surface area contributed by atoms with Crippen LogP contribution in [-0.2, 0) is 4.79 Å². The van der Waals surface area contributed by atoms with Gasteiger partial charge in [-0.15, -0.1) is 0 Å². The number of carbonyl (C=O) groups is 1. The normalized spacial score (nSPS) is 12.6. The minimum absolute atomic E-state index is 0.00957. The Hall–Kier alpha value is -3.99. The number of carbonyl (C=O) groups excluding carboxylic acids is 1. The Morgan fingerprint density at radius 2 is 1.54 bits per heavy atom. The second-order valence-electron chi connectivity index (χ2n) is 9.35. The van der Waals surface area contributed by atoms with Gasteiger partial charge in [0.1, 0.15) is 17.3 Å². The monoisotopic (exact) mass is 497 g/mol. The maximum Gasteiger partial charge on any atom is 0.220 e. The number of amides is 1. The number of methoxy groups -OCH3 is 1. The van der Waals surface area contributed by atoms with Gasteiger partial charge in [0, 0.05) is 30.4 Å². The molecule has 0 aliphatic carbocycles. The third-order valence-corrected chi connectivity index (χ3v) is 6.40. The zero-order valence-corrected chi connectivity index (χ0v) is 21.7. The second kappa shape index (κ2) is 12.8. The van der Waals surface area contributed by atoms with E-state index in [1.807, 2.05) is 92.7 Å². The van der Waals surface area contributed by atoms with Crippen molar-refractivity contribution in [3.63, 3.8) is 0 Å². The molecule has 0 bridgehead atoms. The summed E-state index contributed by atoms with van der Waals surface area (Å²) >= 11 is 0. The van der Waals surface area contributed by atoms with Gasteiger partial charge in [0.05, 0.1) is 19.5 Å². The summed E-state index contributed by atoms with van der Waals surface area (Å²) in [5.74, 6) is 2.40. The molecular formula is C32H35NO4.